The van der Waals surface area contributed by atoms with E-state index in [9.17, 15) is 0 Å². The summed E-state index contributed by atoms with van der Waals surface area (Å²) in [6, 6.07) is 4.84. The summed E-state index contributed by atoms with van der Waals surface area (Å²) >= 11 is 0. The van der Waals surface area contributed by atoms with Gasteiger partial charge in [-0.05, 0) is 63.0 Å². The lowest BCUT2D eigenvalue weighted by molar-refractivity contribution is 0.0870. The van der Waals surface area contributed by atoms with Gasteiger partial charge in [0.05, 0.1) is 6.61 Å². The third kappa shape index (κ3) is 4.43. The highest BCUT2D eigenvalue weighted by atomic mass is 16.5. The molecule has 0 amide bonds. The average molecular weight is 346 g/mol. The number of benzene rings is 1. The van der Waals surface area contributed by atoms with Crippen LogP contribution in [0.3, 0.4) is 0 Å². The van der Waals surface area contributed by atoms with Crippen LogP contribution in [0.5, 0.6) is 0 Å². The predicted octanol–water partition coefficient (Wildman–Crippen LogP) is 2.66. The van der Waals surface area contributed by atoms with Crippen LogP contribution in [0.2, 0.25) is 0 Å². The molecule has 25 heavy (non-hydrogen) atoms. The molecular weight excluding hydrogens is 310 g/mol. The van der Waals surface area contributed by atoms with Crippen LogP contribution in [0, 0.1) is 13.8 Å². The fourth-order valence-corrected chi connectivity index (χ4v) is 4.01. The summed E-state index contributed by atoms with van der Waals surface area (Å²) in [5.41, 5.74) is 6.10. The van der Waals surface area contributed by atoms with Gasteiger partial charge in [0, 0.05) is 51.9 Å². The summed E-state index contributed by atoms with van der Waals surface area (Å²) in [5.74, 6) is 0. The van der Waals surface area contributed by atoms with Crippen molar-refractivity contribution in [2.75, 3.05) is 54.0 Å². The van der Waals surface area contributed by atoms with E-state index in [4.69, 9.17) is 4.74 Å². The van der Waals surface area contributed by atoms with E-state index in [1.165, 1.54) is 61.3 Å². The number of likely N-dealkylation sites (N-methyl/N-ethyl adjacent to an activating group) is 2. The number of methoxy groups -OCH3 is 1. The van der Waals surface area contributed by atoms with Crippen LogP contribution in [0.1, 0.15) is 35.1 Å². The predicted molar refractivity (Wildman–Crippen MR) is 104 cm³/mol. The van der Waals surface area contributed by atoms with E-state index in [1.54, 1.807) is 0 Å². The first-order valence-electron chi connectivity index (χ1n) is 9.63. The second-order valence-corrected chi connectivity index (χ2v) is 8.30. The lowest BCUT2D eigenvalue weighted by atomic mass is 9.98. The molecule has 3 rings (SSSR count). The zero-order valence-corrected chi connectivity index (χ0v) is 16.8. The molecule has 1 aliphatic heterocycles. The topological polar surface area (TPSA) is 19.0 Å². The Morgan fingerprint density at radius 3 is 2.28 bits per heavy atom. The van der Waals surface area contributed by atoms with Gasteiger partial charge in [-0.3, -0.25) is 9.80 Å². The molecule has 1 aromatic rings. The molecule has 1 heterocycles. The molecule has 0 atom stereocenters. The SMILES string of the molecule is COCC1(N(C)Cc2cc(CN3CCN(C)CC3)c(C)cc2C)CC1. The molecule has 2 fully saturated rings. The number of ether oxygens (including phenoxy) is 1. The molecule has 0 bridgehead atoms. The molecule has 1 aliphatic carbocycles. The van der Waals surface area contributed by atoms with Crippen molar-refractivity contribution in [3.8, 4) is 0 Å². The lowest BCUT2D eigenvalue weighted by Crippen LogP contribution is -2.44. The second-order valence-electron chi connectivity index (χ2n) is 8.30. The molecule has 0 unspecified atom stereocenters. The van der Waals surface area contributed by atoms with Gasteiger partial charge in [-0.2, -0.15) is 0 Å². The quantitative estimate of drug-likeness (QED) is 0.756. The first kappa shape index (κ1) is 18.8. The summed E-state index contributed by atoms with van der Waals surface area (Å²) in [6.45, 7) is 12.2. The van der Waals surface area contributed by atoms with Crippen molar-refractivity contribution in [2.24, 2.45) is 0 Å². The Kier molecular flexibility index (Phi) is 5.84. The molecule has 0 spiro atoms. The van der Waals surface area contributed by atoms with Gasteiger partial charge in [0.25, 0.3) is 0 Å². The first-order valence-corrected chi connectivity index (χ1v) is 9.63. The van der Waals surface area contributed by atoms with E-state index in [2.05, 4.69) is 54.8 Å². The van der Waals surface area contributed by atoms with Gasteiger partial charge in [0.15, 0.2) is 0 Å². The Morgan fingerprint density at radius 1 is 1.04 bits per heavy atom. The molecule has 140 valence electrons. The smallest absolute Gasteiger partial charge is 0.0646 e. The Hall–Kier alpha value is -0.940. The fraction of sp³-hybridized carbons (Fsp3) is 0.714. The van der Waals surface area contributed by atoms with Gasteiger partial charge in [0.2, 0.25) is 0 Å². The number of hydrogen-bond donors (Lipinski definition) is 0. The highest BCUT2D eigenvalue weighted by Crippen LogP contribution is 2.42. The number of rotatable bonds is 7. The van der Waals surface area contributed by atoms with Crippen molar-refractivity contribution >= 4 is 0 Å². The maximum Gasteiger partial charge on any atom is 0.0646 e. The minimum Gasteiger partial charge on any atom is -0.383 e. The monoisotopic (exact) mass is 345 g/mol. The van der Waals surface area contributed by atoms with Gasteiger partial charge < -0.3 is 9.64 Å². The average Bonchev–Trinajstić information content (AvgIpc) is 3.35. The van der Waals surface area contributed by atoms with E-state index in [0.29, 0.717) is 0 Å². The Morgan fingerprint density at radius 2 is 1.68 bits per heavy atom. The van der Waals surface area contributed by atoms with Crippen molar-refractivity contribution in [2.45, 2.75) is 45.3 Å². The summed E-state index contributed by atoms with van der Waals surface area (Å²) < 4.78 is 5.46. The van der Waals surface area contributed by atoms with Crippen LogP contribution in [-0.2, 0) is 17.8 Å². The van der Waals surface area contributed by atoms with Crippen molar-refractivity contribution in [3.63, 3.8) is 0 Å². The Balaban J connectivity index is 1.70. The van der Waals surface area contributed by atoms with E-state index in [1.807, 2.05) is 7.11 Å². The summed E-state index contributed by atoms with van der Waals surface area (Å²) in [4.78, 5) is 7.52. The lowest BCUT2D eigenvalue weighted by Gasteiger charge is -2.33. The third-order valence-corrected chi connectivity index (χ3v) is 6.24. The van der Waals surface area contributed by atoms with Crippen LogP contribution in [0.25, 0.3) is 0 Å². The Bertz CT molecular complexity index is 589. The van der Waals surface area contributed by atoms with Crippen LogP contribution in [0.4, 0.5) is 0 Å². The molecule has 0 aromatic heterocycles. The van der Waals surface area contributed by atoms with Crippen molar-refractivity contribution in [1.29, 1.82) is 0 Å². The highest BCUT2D eigenvalue weighted by Gasteiger charge is 2.46. The number of piperazine rings is 1. The highest BCUT2D eigenvalue weighted by molar-refractivity contribution is 5.37. The van der Waals surface area contributed by atoms with Crippen molar-refractivity contribution in [1.82, 2.24) is 14.7 Å². The van der Waals surface area contributed by atoms with Gasteiger partial charge in [-0.1, -0.05) is 12.1 Å². The standard InChI is InChI=1S/C21H35N3O/c1-17-12-18(2)20(15-24-10-8-22(3)9-11-24)13-19(17)14-23(4)21(6-7-21)16-25-5/h12-13H,6-11,14-16H2,1-5H3. The van der Waals surface area contributed by atoms with Crippen molar-refractivity contribution in [3.05, 3.63) is 34.4 Å². The molecule has 4 nitrogen and oxygen atoms in total. The molecule has 0 radical (unpaired) electrons. The molecular formula is C21H35N3O. The van der Waals surface area contributed by atoms with Crippen LogP contribution in [0.15, 0.2) is 12.1 Å². The third-order valence-electron chi connectivity index (χ3n) is 6.24. The van der Waals surface area contributed by atoms with Gasteiger partial charge in [-0.25, -0.2) is 0 Å². The molecule has 4 heteroatoms. The van der Waals surface area contributed by atoms with E-state index < -0.39 is 0 Å². The van der Waals surface area contributed by atoms with Gasteiger partial charge >= 0.3 is 0 Å². The van der Waals surface area contributed by atoms with E-state index in [-0.39, 0.29) is 5.54 Å². The summed E-state index contributed by atoms with van der Waals surface area (Å²) in [7, 11) is 6.29. The number of nitrogens with zero attached hydrogens (tertiary/aromatic N) is 3. The first-order chi connectivity index (χ1) is 11.9. The normalized spacial score (nSPS) is 21.0. The summed E-state index contributed by atoms with van der Waals surface area (Å²) in [5, 5.41) is 0. The van der Waals surface area contributed by atoms with Gasteiger partial charge in [-0.15, -0.1) is 0 Å². The van der Waals surface area contributed by atoms with Gasteiger partial charge in [0.1, 0.15) is 0 Å². The van der Waals surface area contributed by atoms with E-state index >= 15 is 0 Å². The Labute approximate surface area is 153 Å². The number of aryl methyl sites for hydroxylation is 2. The largest absolute Gasteiger partial charge is 0.383 e. The zero-order valence-electron chi connectivity index (χ0n) is 16.8. The molecule has 2 aliphatic rings. The molecule has 1 saturated carbocycles. The van der Waals surface area contributed by atoms with Crippen LogP contribution < -0.4 is 0 Å². The minimum atomic E-state index is 0.281. The molecule has 1 saturated heterocycles. The van der Waals surface area contributed by atoms with Crippen molar-refractivity contribution < 1.29 is 4.74 Å². The molecule has 0 N–H and O–H groups in total. The van der Waals surface area contributed by atoms with Crippen LogP contribution in [-0.4, -0.2) is 74.2 Å². The summed E-state index contributed by atoms with van der Waals surface area (Å²) in [6.07, 6.45) is 2.52. The molecule has 1 aromatic carbocycles. The maximum absolute atomic E-state index is 5.46. The zero-order chi connectivity index (χ0) is 18.0. The van der Waals surface area contributed by atoms with E-state index in [0.717, 1.165) is 19.7 Å². The van der Waals surface area contributed by atoms with Crippen LogP contribution >= 0.6 is 0 Å². The minimum absolute atomic E-state index is 0.281. The number of hydrogen-bond acceptors (Lipinski definition) is 4. The second kappa shape index (κ2) is 7.75. The fourth-order valence-electron chi connectivity index (χ4n) is 4.01. The maximum atomic E-state index is 5.46.